The van der Waals surface area contributed by atoms with Crippen molar-refractivity contribution in [3.63, 3.8) is 0 Å². The minimum Gasteiger partial charge on any atom is -0.493 e. The standard InChI is InChI=1S/C13H18F3NO/c1-9-4-5-12(11(8-9)10(2)17-3)18-7-6-13(14,15)16/h4-5,8,10,17H,6-7H2,1-3H3. The van der Waals surface area contributed by atoms with Crippen LogP contribution in [0.5, 0.6) is 5.75 Å². The van der Waals surface area contributed by atoms with Crippen molar-refractivity contribution < 1.29 is 17.9 Å². The van der Waals surface area contributed by atoms with E-state index in [9.17, 15) is 13.2 Å². The Morgan fingerprint density at radius 1 is 1.33 bits per heavy atom. The Morgan fingerprint density at radius 3 is 2.56 bits per heavy atom. The van der Waals surface area contributed by atoms with Crippen molar-refractivity contribution in [2.75, 3.05) is 13.7 Å². The van der Waals surface area contributed by atoms with Crippen molar-refractivity contribution in [3.8, 4) is 5.75 Å². The maximum absolute atomic E-state index is 12.1. The van der Waals surface area contributed by atoms with Crippen LogP contribution in [0.25, 0.3) is 0 Å². The molecule has 2 nitrogen and oxygen atoms in total. The van der Waals surface area contributed by atoms with Gasteiger partial charge in [0.25, 0.3) is 0 Å². The number of nitrogens with one attached hydrogen (secondary N) is 1. The van der Waals surface area contributed by atoms with E-state index < -0.39 is 12.6 Å². The average molecular weight is 261 g/mol. The number of hydrogen-bond acceptors (Lipinski definition) is 2. The molecule has 102 valence electrons. The summed E-state index contributed by atoms with van der Waals surface area (Å²) in [6, 6.07) is 5.50. The van der Waals surface area contributed by atoms with Crippen LogP contribution in [-0.2, 0) is 0 Å². The fourth-order valence-corrected chi connectivity index (χ4v) is 1.57. The summed E-state index contributed by atoms with van der Waals surface area (Å²) in [4.78, 5) is 0. The van der Waals surface area contributed by atoms with Crippen LogP contribution >= 0.6 is 0 Å². The molecule has 0 heterocycles. The van der Waals surface area contributed by atoms with Crippen molar-refractivity contribution in [2.24, 2.45) is 0 Å². The molecule has 0 aliphatic carbocycles. The number of hydrogen-bond donors (Lipinski definition) is 1. The van der Waals surface area contributed by atoms with E-state index in [0.29, 0.717) is 5.75 Å². The van der Waals surface area contributed by atoms with E-state index in [0.717, 1.165) is 11.1 Å². The summed E-state index contributed by atoms with van der Waals surface area (Å²) in [5.41, 5.74) is 1.93. The van der Waals surface area contributed by atoms with Crippen molar-refractivity contribution in [1.82, 2.24) is 5.32 Å². The molecule has 0 fully saturated rings. The molecule has 18 heavy (non-hydrogen) atoms. The first-order valence-corrected chi connectivity index (χ1v) is 5.81. The molecular weight excluding hydrogens is 243 g/mol. The predicted molar refractivity (Wildman–Crippen MR) is 64.8 cm³/mol. The number of alkyl halides is 3. The topological polar surface area (TPSA) is 21.3 Å². The Bertz CT molecular complexity index is 390. The van der Waals surface area contributed by atoms with Crippen LogP contribution in [0.2, 0.25) is 0 Å². The minimum atomic E-state index is -4.18. The Hall–Kier alpha value is -1.23. The van der Waals surface area contributed by atoms with Gasteiger partial charge in [0.05, 0.1) is 13.0 Å². The minimum absolute atomic E-state index is 0.0331. The third kappa shape index (κ3) is 4.56. The molecule has 0 saturated carbocycles. The van der Waals surface area contributed by atoms with Gasteiger partial charge in [-0.05, 0) is 27.0 Å². The van der Waals surface area contributed by atoms with Crippen LogP contribution in [-0.4, -0.2) is 19.8 Å². The van der Waals surface area contributed by atoms with Crippen LogP contribution < -0.4 is 10.1 Å². The molecule has 1 unspecified atom stereocenters. The van der Waals surface area contributed by atoms with E-state index in [2.05, 4.69) is 5.32 Å². The van der Waals surface area contributed by atoms with Gasteiger partial charge in [0.15, 0.2) is 0 Å². The van der Waals surface area contributed by atoms with Crippen LogP contribution in [0.4, 0.5) is 13.2 Å². The molecule has 0 spiro atoms. The van der Waals surface area contributed by atoms with E-state index >= 15 is 0 Å². The van der Waals surface area contributed by atoms with E-state index in [1.807, 2.05) is 26.0 Å². The zero-order valence-corrected chi connectivity index (χ0v) is 10.8. The summed E-state index contributed by atoms with van der Waals surface area (Å²) in [7, 11) is 1.80. The highest BCUT2D eigenvalue weighted by molar-refractivity contribution is 5.38. The van der Waals surface area contributed by atoms with E-state index in [-0.39, 0.29) is 12.6 Å². The molecule has 0 bridgehead atoms. The number of benzene rings is 1. The second-order valence-corrected chi connectivity index (χ2v) is 4.27. The van der Waals surface area contributed by atoms with E-state index in [1.54, 1.807) is 13.1 Å². The van der Waals surface area contributed by atoms with Crippen molar-refractivity contribution in [2.45, 2.75) is 32.5 Å². The Labute approximate surface area is 105 Å². The van der Waals surface area contributed by atoms with Gasteiger partial charge in [-0.25, -0.2) is 0 Å². The number of ether oxygens (including phenoxy) is 1. The van der Waals surface area contributed by atoms with E-state index in [1.165, 1.54) is 0 Å². The SMILES string of the molecule is CNC(C)c1cc(C)ccc1OCCC(F)(F)F. The normalized spacial score (nSPS) is 13.4. The number of aryl methyl sites for hydroxylation is 1. The third-order valence-electron chi connectivity index (χ3n) is 2.71. The maximum atomic E-state index is 12.1. The van der Waals surface area contributed by atoms with Gasteiger partial charge in [0.2, 0.25) is 0 Å². The molecule has 1 N–H and O–H groups in total. The summed E-state index contributed by atoms with van der Waals surface area (Å²) in [5.74, 6) is 0.506. The highest BCUT2D eigenvalue weighted by Crippen LogP contribution is 2.27. The molecule has 1 rings (SSSR count). The van der Waals surface area contributed by atoms with Gasteiger partial charge in [0, 0.05) is 11.6 Å². The maximum Gasteiger partial charge on any atom is 0.392 e. The summed E-state index contributed by atoms with van der Waals surface area (Å²) < 4.78 is 41.4. The second-order valence-electron chi connectivity index (χ2n) is 4.27. The van der Waals surface area contributed by atoms with Crippen molar-refractivity contribution >= 4 is 0 Å². The second kappa shape index (κ2) is 6.09. The molecule has 1 aromatic rings. The van der Waals surface area contributed by atoms with Crippen LogP contribution in [0.3, 0.4) is 0 Å². The van der Waals surface area contributed by atoms with Gasteiger partial charge >= 0.3 is 6.18 Å². The Kier molecular flexibility index (Phi) is 5.02. The fraction of sp³-hybridized carbons (Fsp3) is 0.538. The van der Waals surface area contributed by atoms with Crippen molar-refractivity contribution in [3.05, 3.63) is 29.3 Å². The first-order chi connectivity index (χ1) is 8.33. The molecule has 0 radical (unpaired) electrons. The molecule has 0 aliphatic rings. The lowest BCUT2D eigenvalue weighted by atomic mass is 10.0. The quantitative estimate of drug-likeness (QED) is 0.874. The molecule has 0 amide bonds. The Balaban J connectivity index is 2.75. The van der Waals surface area contributed by atoms with Gasteiger partial charge < -0.3 is 10.1 Å². The summed E-state index contributed by atoms with van der Waals surface area (Å²) in [6.07, 6.45) is -5.12. The lowest BCUT2D eigenvalue weighted by Crippen LogP contribution is -2.16. The largest absolute Gasteiger partial charge is 0.493 e. The molecule has 0 saturated heterocycles. The number of rotatable bonds is 5. The lowest BCUT2D eigenvalue weighted by Gasteiger charge is -2.17. The Morgan fingerprint density at radius 2 is 2.00 bits per heavy atom. The monoisotopic (exact) mass is 261 g/mol. The molecule has 5 heteroatoms. The first-order valence-electron chi connectivity index (χ1n) is 5.81. The smallest absolute Gasteiger partial charge is 0.392 e. The zero-order chi connectivity index (χ0) is 13.8. The van der Waals surface area contributed by atoms with Gasteiger partial charge in [-0.1, -0.05) is 17.7 Å². The third-order valence-corrected chi connectivity index (χ3v) is 2.71. The molecular formula is C13H18F3NO. The van der Waals surface area contributed by atoms with Gasteiger partial charge in [-0.3, -0.25) is 0 Å². The zero-order valence-electron chi connectivity index (χ0n) is 10.8. The highest BCUT2D eigenvalue weighted by atomic mass is 19.4. The van der Waals surface area contributed by atoms with Crippen LogP contribution in [0, 0.1) is 6.92 Å². The predicted octanol–water partition coefficient (Wildman–Crippen LogP) is 3.61. The summed E-state index contributed by atoms with van der Waals surface area (Å²) in [6.45, 7) is 3.52. The van der Waals surface area contributed by atoms with Crippen molar-refractivity contribution in [1.29, 1.82) is 0 Å². The molecule has 0 aromatic heterocycles. The first kappa shape index (κ1) is 14.8. The van der Waals surface area contributed by atoms with Gasteiger partial charge in [-0.15, -0.1) is 0 Å². The fourth-order valence-electron chi connectivity index (χ4n) is 1.57. The lowest BCUT2D eigenvalue weighted by molar-refractivity contribution is -0.139. The van der Waals surface area contributed by atoms with Gasteiger partial charge in [-0.2, -0.15) is 13.2 Å². The molecule has 1 atom stereocenters. The summed E-state index contributed by atoms with van der Waals surface area (Å²) in [5, 5.41) is 3.05. The highest BCUT2D eigenvalue weighted by Gasteiger charge is 2.27. The van der Waals surface area contributed by atoms with Crippen LogP contribution in [0.1, 0.15) is 30.5 Å². The molecule has 1 aromatic carbocycles. The van der Waals surface area contributed by atoms with Gasteiger partial charge in [0.1, 0.15) is 5.75 Å². The summed E-state index contributed by atoms with van der Waals surface area (Å²) >= 11 is 0. The van der Waals surface area contributed by atoms with E-state index in [4.69, 9.17) is 4.74 Å². The molecule has 0 aliphatic heterocycles. The average Bonchev–Trinajstić information content (AvgIpc) is 2.28. The number of halogens is 3. The van der Waals surface area contributed by atoms with Crippen LogP contribution in [0.15, 0.2) is 18.2 Å².